The smallest absolute Gasteiger partial charge is 0.191 e. The molecule has 7 nitrogen and oxygen atoms in total. The summed E-state index contributed by atoms with van der Waals surface area (Å²) in [6.07, 6.45) is 7.51. The molecule has 1 saturated heterocycles. The maximum Gasteiger partial charge on any atom is 0.191 e. The second kappa shape index (κ2) is 10.3. The van der Waals surface area contributed by atoms with Gasteiger partial charge in [-0.25, -0.2) is 9.97 Å². The summed E-state index contributed by atoms with van der Waals surface area (Å²) < 4.78 is 2.19. The summed E-state index contributed by atoms with van der Waals surface area (Å²) in [4.78, 5) is 15.5. The van der Waals surface area contributed by atoms with Crippen molar-refractivity contribution in [3.8, 4) is 0 Å². The monoisotopic (exact) mass is 437 g/mol. The zero-order valence-electron chi connectivity index (χ0n) is 17.7. The van der Waals surface area contributed by atoms with Gasteiger partial charge in [-0.05, 0) is 24.1 Å². The number of anilines is 1. The molecule has 0 aliphatic carbocycles. The van der Waals surface area contributed by atoms with Crippen molar-refractivity contribution in [2.75, 3.05) is 31.6 Å². The van der Waals surface area contributed by atoms with Gasteiger partial charge in [-0.3, -0.25) is 4.99 Å². The maximum atomic E-state index is 6.30. The van der Waals surface area contributed by atoms with Crippen molar-refractivity contribution in [3.05, 3.63) is 77.5 Å². The topological polar surface area (TPSA) is 70.4 Å². The van der Waals surface area contributed by atoms with Gasteiger partial charge < -0.3 is 20.1 Å². The molecular formula is C23H28ClN7. The summed E-state index contributed by atoms with van der Waals surface area (Å²) in [5.74, 6) is 2.71. The highest BCUT2D eigenvalue weighted by Gasteiger charge is 2.25. The number of hydrogen-bond donors (Lipinski definition) is 2. The van der Waals surface area contributed by atoms with Crippen LogP contribution in [0, 0.1) is 0 Å². The van der Waals surface area contributed by atoms with Crippen LogP contribution in [-0.2, 0) is 13.0 Å². The number of nitrogens with zero attached hydrogens (tertiary/aromatic N) is 5. The van der Waals surface area contributed by atoms with Gasteiger partial charge >= 0.3 is 0 Å². The molecule has 4 rings (SSSR count). The summed E-state index contributed by atoms with van der Waals surface area (Å²) in [5, 5.41) is 7.63. The molecule has 8 heteroatoms. The Kier molecular flexibility index (Phi) is 7.04. The average Bonchev–Trinajstić information content (AvgIpc) is 3.44. The van der Waals surface area contributed by atoms with Crippen LogP contribution in [0.25, 0.3) is 0 Å². The van der Waals surface area contributed by atoms with Crippen molar-refractivity contribution in [1.29, 1.82) is 0 Å². The zero-order chi connectivity index (χ0) is 21.5. The molecule has 0 radical (unpaired) electrons. The first-order chi connectivity index (χ1) is 15.2. The quantitative estimate of drug-likeness (QED) is 0.439. The molecule has 1 atom stereocenters. The van der Waals surface area contributed by atoms with E-state index >= 15 is 0 Å². The van der Waals surface area contributed by atoms with E-state index in [4.69, 9.17) is 11.6 Å². The van der Waals surface area contributed by atoms with Crippen LogP contribution in [0.5, 0.6) is 0 Å². The largest absolute Gasteiger partial charge is 0.356 e. The number of benzene rings is 1. The van der Waals surface area contributed by atoms with Gasteiger partial charge in [0.1, 0.15) is 11.6 Å². The normalized spacial score (nSPS) is 16.5. The molecule has 1 fully saturated rings. The van der Waals surface area contributed by atoms with Gasteiger partial charge in [0.05, 0.1) is 5.02 Å². The zero-order valence-corrected chi connectivity index (χ0v) is 18.5. The van der Waals surface area contributed by atoms with Crippen LogP contribution in [-0.4, -0.2) is 53.2 Å². The lowest BCUT2D eigenvalue weighted by atomic mass is 10.2. The van der Waals surface area contributed by atoms with E-state index < -0.39 is 0 Å². The van der Waals surface area contributed by atoms with Crippen LogP contribution in [0.3, 0.4) is 0 Å². The van der Waals surface area contributed by atoms with E-state index in [1.54, 1.807) is 13.2 Å². The Bertz CT molecular complexity index is 1000. The molecular weight excluding hydrogens is 410 g/mol. The van der Waals surface area contributed by atoms with Crippen LogP contribution in [0.1, 0.15) is 17.8 Å². The summed E-state index contributed by atoms with van der Waals surface area (Å²) in [5.41, 5.74) is 1.27. The van der Waals surface area contributed by atoms with Crippen LogP contribution in [0.15, 0.2) is 66.0 Å². The van der Waals surface area contributed by atoms with Gasteiger partial charge in [-0.15, -0.1) is 0 Å². The summed E-state index contributed by atoms with van der Waals surface area (Å²) in [6.45, 7) is 3.35. The standard InChI is InChI=1S/C23H28ClN7/c1-25-23(29-19-10-14-31(17-19)22-20(24)8-5-11-27-22)28-12-9-21-26-13-15-30(21)16-18-6-3-2-4-7-18/h2-8,11,13,15,19H,9-10,12,14,16-17H2,1H3,(H2,25,28,29). The van der Waals surface area contributed by atoms with Crippen molar-refractivity contribution >= 4 is 23.4 Å². The molecule has 31 heavy (non-hydrogen) atoms. The molecule has 3 heterocycles. The Hall–Kier alpha value is -3.06. The minimum atomic E-state index is 0.296. The molecule has 1 aliphatic rings. The number of guanidine groups is 1. The summed E-state index contributed by atoms with van der Waals surface area (Å²) in [7, 11) is 1.80. The fraction of sp³-hybridized carbons (Fsp3) is 0.348. The SMILES string of the molecule is CN=C(NCCc1nccn1Cc1ccccc1)NC1CCN(c2ncccc2Cl)C1. The fourth-order valence-corrected chi connectivity index (χ4v) is 4.09. The van der Waals surface area contributed by atoms with Crippen molar-refractivity contribution in [2.24, 2.45) is 4.99 Å². The van der Waals surface area contributed by atoms with Crippen LogP contribution in [0.4, 0.5) is 5.82 Å². The Labute approximate surface area is 188 Å². The number of pyridine rings is 1. The van der Waals surface area contributed by atoms with Crippen molar-refractivity contribution < 1.29 is 0 Å². The Morgan fingerprint density at radius 1 is 1.16 bits per heavy atom. The molecule has 3 aromatic rings. The first-order valence-corrected chi connectivity index (χ1v) is 11.0. The molecule has 0 saturated carbocycles. The second-order valence-corrected chi connectivity index (χ2v) is 8.00. The van der Waals surface area contributed by atoms with Crippen LogP contribution >= 0.6 is 11.6 Å². The van der Waals surface area contributed by atoms with Gasteiger partial charge in [-0.1, -0.05) is 41.9 Å². The van der Waals surface area contributed by atoms with Crippen molar-refractivity contribution in [2.45, 2.75) is 25.4 Å². The molecule has 0 amide bonds. The molecule has 162 valence electrons. The second-order valence-electron chi connectivity index (χ2n) is 7.59. The van der Waals surface area contributed by atoms with Gasteiger partial charge in [-0.2, -0.15) is 0 Å². The van der Waals surface area contributed by atoms with Crippen molar-refractivity contribution in [1.82, 2.24) is 25.2 Å². The highest BCUT2D eigenvalue weighted by Crippen LogP contribution is 2.25. The molecule has 0 bridgehead atoms. The molecule has 1 unspecified atom stereocenters. The molecule has 2 aromatic heterocycles. The molecule has 0 spiro atoms. The number of aliphatic imine (C=N–C) groups is 1. The third-order valence-corrected chi connectivity index (χ3v) is 5.72. The Balaban J connectivity index is 1.26. The third kappa shape index (κ3) is 5.55. The molecule has 1 aromatic carbocycles. The predicted octanol–water partition coefficient (Wildman–Crippen LogP) is 2.97. The predicted molar refractivity (Wildman–Crippen MR) is 126 cm³/mol. The van der Waals surface area contributed by atoms with Crippen LogP contribution < -0.4 is 15.5 Å². The number of nitrogens with one attached hydrogen (secondary N) is 2. The third-order valence-electron chi connectivity index (χ3n) is 5.43. The van der Waals surface area contributed by atoms with Crippen LogP contribution in [0.2, 0.25) is 5.02 Å². The highest BCUT2D eigenvalue weighted by atomic mass is 35.5. The summed E-state index contributed by atoms with van der Waals surface area (Å²) in [6, 6.07) is 14.5. The Morgan fingerprint density at radius 3 is 2.84 bits per heavy atom. The lowest BCUT2D eigenvalue weighted by Crippen LogP contribution is -2.45. The Morgan fingerprint density at radius 2 is 2.03 bits per heavy atom. The van der Waals surface area contributed by atoms with Gasteiger partial charge in [0.2, 0.25) is 0 Å². The highest BCUT2D eigenvalue weighted by molar-refractivity contribution is 6.32. The van der Waals surface area contributed by atoms with E-state index in [0.29, 0.717) is 11.1 Å². The van der Waals surface area contributed by atoms with Gasteiger partial charge in [0.25, 0.3) is 0 Å². The molecule has 2 N–H and O–H groups in total. The molecule has 1 aliphatic heterocycles. The minimum Gasteiger partial charge on any atom is -0.356 e. The first kappa shape index (κ1) is 21.2. The number of aromatic nitrogens is 3. The number of rotatable bonds is 7. The maximum absolute atomic E-state index is 6.30. The first-order valence-electron chi connectivity index (χ1n) is 10.6. The number of hydrogen-bond acceptors (Lipinski definition) is 4. The number of imidazole rings is 1. The van der Waals surface area contributed by atoms with E-state index in [2.05, 4.69) is 59.3 Å². The van der Waals surface area contributed by atoms with E-state index in [9.17, 15) is 0 Å². The van der Waals surface area contributed by atoms with E-state index in [0.717, 1.165) is 56.6 Å². The van der Waals surface area contributed by atoms with E-state index in [1.807, 2.05) is 30.6 Å². The lowest BCUT2D eigenvalue weighted by molar-refractivity contribution is 0.641. The fourth-order valence-electron chi connectivity index (χ4n) is 3.85. The number of halogens is 1. The van der Waals surface area contributed by atoms with E-state index in [-0.39, 0.29) is 0 Å². The lowest BCUT2D eigenvalue weighted by Gasteiger charge is -2.20. The van der Waals surface area contributed by atoms with Gasteiger partial charge in [0.15, 0.2) is 5.96 Å². The van der Waals surface area contributed by atoms with Crippen molar-refractivity contribution in [3.63, 3.8) is 0 Å². The van der Waals surface area contributed by atoms with Gasteiger partial charge in [0, 0.05) is 64.3 Å². The average molecular weight is 438 g/mol. The minimum absolute atomic E-state index is 0.296. The van der Waals surface area contributed by atoms with E-state index in [1.165, 1.54) is 5.56 Å². The summed E-state index contributed by atoms with van der Waals surface area (Å²) >= 11 is 6.30.